The van der Waals surface area contributed by atoms with Crippen LogP contribution in [-0.2, 0) is 6.54 Å². The molecule has 0 atom stereocenters. The second-order valence-corrected chi connectivity index (χ2v) is 6.38. The Morgan fingerprint density at radius 3 is 2.45 bits per heavy atom. The number of carboxylic acids is 1. The number of carboxylic acid groups (broad SMARTS) is 1. The minimum absolute atomic E-state index is 0.398. The van der Waals surface area contributed by atoms with Crippen LogP contribution in [0.5, 0.6) is 0 Å². The van der Waals surface area contributed by atoms with Crippen LogP contribution in [-0.4, -0.2) is 11.1 Å². The average Bonchev–Trinajstić information content (AvgIpc) is 2.78. The Labute approximate surface area is 123 Å². The van der Waals surface area contributed by atoms with Gasteiger partial charge in [-0.15, -0.1) is 11.3 Å². The first kappa shape index (κ1) is 14.6. The minimum Gasteiger partial charge on any atom is -0.477 e. The van der Waals surface area contributed by atoms with Gasteiger partial charge >= 0.3 is 5.97 Å². The third-order valence-corrected chi connectivity index (χ3v) is 4.37. The van der Waals surface area contributed by atoms with Crippen LogP contribution in [0.25, 0.3) is 0 Å². The van der Waals surface area contributed by atoms with Crippen molar-refractivity contribution in [2.45, 2.75) is 33.2 Å². The summed E-state index contributed by atoms with van der Waals surface area (Å²) in [5.41, 5.74) is 3.41. The Bertz CT molecular complexity index is 599. The van der Waals surface area contributed by atoms with E-state index in [9.17, 15) is 4.79 Å². The zero-order valence-corrected chi connectivity index (χ0v) is 12.8. The lowest BCUT2D eigenvalue weighted by Gasteiger charge is -2.09. The average molecular weight is 289 g/mol. The number of anilines is 1. The Morgan fingerprint density at radius 2 is 1.95 bits per heavy atom. The fraction of sp³-hybridized carbons (Fsp3) is 0.312. The van der Waals surface area contributed by atoms with E-state index < -0.39 is 5.97 Å². The molecule has 1 heterocycles. The largest absolute Gasteiger partial charge is 0.477 e. The molecule has 0 aliphatic carbocycles. The van der Waals surface area contributed by atoms with Crippen LogP contribution in [0.2, 0.25) is 0 Å². The SMILES string of the molecule is Cc1sc(C(=O)O)cc1CNc1ccc(C(C)C)cc1. The van der Waals surface area contributed by atoms with Gasteiger partial charge in [-0.05, 0) is 42.2 Å². The van der Waals surface area contributed by atoms with Crippen LogP contribution in [0.4, 0.5) is 5.69 Å². The fourth-order valence-electron chi connectivity index (χ4n) is 1.98. The summed E-state index contributed by atoms with van der Waals surface area (Å²) >= 11 is 1.32. The summed E-state index contributed by atoms with van der Waals surface area (Å²) in [7, 11) is 0. The molecule has 0 saturated heterocycles. The van der Waals surface area contributed by atoms with Crippen molar-refractivity contribution in [3.8, 4) is 0 Å². The smallest absolute Gasteiger partial charge is 0.345 e. The number of thiophene rings is 1. The second-order valence-electron chi connectivity index (χ2n) is 5.13. The highest BCUT2D eigenvalue weighted by Gasteiger charge is 2.10. The molecule has 0 radical (unpaired) electrons. The van der Waals surface area contributed by atoms with Gasteiger partial charge in [0.2, 0.25) is 0 Å². The Balaban J connectivity index is 2.03. The monoisotopic (exact) mass is 289 g/mol. The molecule has 0 aliphatic rings. The molecule has 0 aliphatic heterocycles. The summed E-state index contributed by atoms with van der Waals surface area (Å²) in [5.74, 6) is -0.327. The highest BCUT2D eigenvalue weighted by Crippen LogP contribution is 2.23. The van der Waals surface area contributed by atoms with Gasteiger partial charge in [0.1, 0.15) is 4.88 Å². The molecule has 0 saturated carbocycles. The third-order valence-electron chi connectivity index (χ3n) is 3.29. The number of hydrogen-bond donors (Lipinski definition) is 2. The maximum atomic E-state index is 10.9. The molecule has 106 valence electrons. The zero-order chi connectivity index (χ0) is 14.7. The summed E-state index contributed by atoms with van der Waals surface area (Å²) in [6.07, 6.45) is 0. The van der Waals surface area contributed by atoms with Gasteiger partial charge in [0.15, 0.2) is 0 Å². The first-order valence-electron chi connectivity index (χ1n) is 6.64. The molecule has 0 amide bonds. The molecular weight excluding hydrogens is 270 g/mol. The number of benzene rings is 1. The molecule has 1 aromatic carbocycles. The van der Waals surface area contributed by atoms with Gasteiger partial charge in [-0.1, -0.05) is 26.0 Å². The van der Waals surface area contributed by atoms with E-state index in [2.05, 4.69) is 43.4 Å². The number of rotatable bonds is 5. The summed E-state index contributed by atoms with van der Waals surface area (Å²) in [5, 5.41) is 12.3. The second kappa shape index (κ2) is 6.09. The normalized spacial score (nSPS) is 10.8. The summed E-state index contributed by atoms with van der Waals surface area (Å²) in [6, 6.07) is 10.1. The van der Waals surface area contributed by atoms with E-state index >= 15 is 0 Å². The standard InChI is InChI=1S/C16H19NO2S/c1-10(2)12-4-6-14(7-5-12)17-9-13-8-15(16(18)19)20-11(13)3/h4-8,10,17H,9H2,1-3H3,(H,18,19). The molecule has 0 spiro atoms. The lowest BCUT2D eigenvalue weighted by molar-refractivity contribution is 0.0702. The first-order valence-corrected chi connectivity index (χ1v) is 7.45. The molecule has 2 rings (SSSR count). The third kappa shape index (κ3) is 3.39. The molecule has 0 bridgehead atoms. The maximum absolute atomic E-state index is 10.9. The van der Waals surface area contributed by atoms with E-state index in [1.165, 1.54) is 16.9 Å². The van der Waals surface area contributed by atoms with Crippen molar-refractivity contribution >= 4 is 23.0 Å². The van der Waals surface area contributed by atoms with Crippen LogP contribution >= 0.6 is 11.3 Å². The summed E-state index contributed by atoms with van der Waals surface area (Å²) in [4.78, 5) is 12.4. The van der Waals surface area contributed by atoms with Gasteiger partial charge in [-0.25, -0.2) is 4.79 Å². The Morgan fingerprint density at radius 1 is 1.30 bits per heavy atom. The molecule has 0 unspecified atom stereocenters. The van der Waals surface area contributed by atoms with E-state index in [1.54, 1.807) is 6.07 Å². The summed E-state index contributed by atoms with van der Waals surface area (Å²) < 4.78 is 0. The Kier molecular flexibility index (Phi) is 4.45. The quantitative estimate of drug-likeness (QED) is 0.852. The Hall–Kier alpha value is -1.81. The molecule has 2 aromatic rings. The lowest BCUT2D eigenvalue weighted by Crippen LogP contribution is -2.00. The van der Waals surface area contributed by atoms with E-state index in [0.717, 1.165) is 16.1 Å². The van der Waals surface area contributed by atoms with Crippen LogP contribution in [0.15, 0.2) is 30.3 Å². The van der Waals surface area contributed by atoms with E-state index in [0.29, 0.717) is 17.3 Å². The van der Waals surface area contributed by atoms with E-state index in [-0.39, 0.29) is 0 Å². The van der Waals surface area contributed by atoms with Crippen LogP contribution in [0, 0.1) is 6.92 Å². The van der Waals surface area contributed by atoms with Gasteiger partial charge in [-0.3, -0.25) is 0 Å². The van der Waals surface area contributed by atoms with Crippen molar-refractivity contribution < 1.29 is 9.90 Å². The van der Waals surface area contributed by atoms with Gasteiger partial charge in [0.05, 0.1) is 0 Å². The highest BCUT2D eigenvalue weighted by molar-refractivity contribution is 7.14. The number of hydrogen-bond acceptors (Lipinski definition) is 3. The fourth-order valence-corrected chi connectivity index (χ4v) is 2.86. The molecule has 0 fully saturated rings. The maximum Gasteiger partial charge on any atom is 0.345 e. The van der Waals surface area contributed by atoms with Crippen molar-refractivity contribution in [3.63, 3.8) is 0 Å². The number of aromatic carboxylic acids is 1. The molecule has 20 heavy (non-hydrogen) atoms. The zero-order valence-electron chi connectivity index (χ0n) is 11.9. The number of nitrogens with one attached hydrogen (secondary N) is 1. The first-order chi connectivity index (χ1) is 9.47. The van der Waals surface area contributed by atoms with Crippen LogP contribution < -0.4 is 5.32 Å². The predicted molar refractivity (Wildman–Crippen MR) is 83.9 cm³/mol. The van der Waals surface area contributed by atoms with Crippen molar-refractivity contribution in [2.75, 3.05) is 5.32 Å². The van der Waals surface area contributed by atoms with Gasteiger partial charge in [-0.2, -0.15) is 0 Å². The molecule has 3 nitrogen and oxygen atoms in total. The van der Waals surface area contributed by atoms with Gasteiger partial charge < -0.3 is 10.4 Å². The number of carbonyl (C=O) groups is 1. The topological polar surface area (TPSA) is 49.3 Å². The van der Waals surface area contributed by atoms with Crippen LogP contribution in [0.1, 0.15) is 45.4 Å². The molecule has 2 N–H and O–H groups in total. The predicted octanol–water partition coefficient (Wildman–Crippen LogP) is 4.49. The van der Waals surface area contributed by atoms with Crippen molar-refractivity contribution in [1.82, 2.24) is 0 Å². The van der Waals surface area contributed by atoms with Gasteiger partial charge in [0, 0.05) is 17.1 Å². The van der Waals surface area contributed by atoms with E-state index in [4.69, 9.17) is 5.11 Å². The van der Waals surface area contributed by atoms with Crippen molar-refractivity contribution in [2.24, 2.45) is 0 Å². The van der Waals surface area contributed by atoms with Gasteiger partial charge in [0.25, 0.3) is 0 Å². The van der Waals surface area contributed by atoms with Crippen molar-refractivity contribution in [3.05, 3.63) is 51.2 Å². The molecule has 1 aromatic heterocycles. The van der Waals surface area contributed by atoms with E-state index in [1.807, 2.05) is 6.92 Å². The van der Waals surface area contributed by atoms with Crippen LogP contribution in [0.3, 0.4) is 0 Å². The highest BCUT2D eigenvalue weighted by atomic mass is 32.1. The molecular formula is C16H19NO2S. The molecule has 4 heteroatoms. The lowest BCUT2D eigenvalue weighted by atomic mass is 10.0. The summed E-state index contributed by atoms with van der Waals surface area (Å²) in [6.45, 7) is 6.95. The van der Waals surface area contributed by atoms with Crippen molar-refractivity contribution in [1.29, 1.82) is 0 Å². The number of aryl methyl sites for hydroxylation is 1. The minimum atomic E-state index is -0.856.